The molecule has 0 unspecified atom stereocenters. The van der Waals surface area contributed by atoms with E-state index in [2.05, 4.69) is 20.3 Å². The van der Waals surface area contributed by atoms with Crippen molar-refractivity contribution in [1.82, 2.24) is 20.3 Å². The largest absolute Gasteiger partial charge is 0.494 e. The number of nitrogens with one attached hydrogen (secondary N) is 1. The molecule has 0 amide bonds. The molecule has 0 aliphatic rings. The molecule has 0 saturated carbocycles. The summed E-state index contributed by atoms with van der Waals surface area (Å²) in [5, 5.41) is 10.6. The summed E-state index contributed by atoms with van der Waals surface area (Å²) >= 11 is 0. The Morgan fingerprint density at radius 2 is 2.05 bits per heavy atom. The van der Waals surface area contributed by atoms with Crippen LogP contribution in [0.5, 0.6) is 5.75 Å². The van der Waals surface area contributed by atoms with Crippen LogP contribution in [0, 0.1) is 0 Å². The molecule has 0 atom stereocenters. The lowest BCUT2D eigenvalue weighted by Gasteiger charge is -2.02. The maximum atomic E-state index is 5.38. The number of aromatic amines is 1. The molecular weight excluding hydrogens is 244 g/mol. The molecule has 0 fully saturated rings. The molecule has 19 heavy (non-hydrogen) atoms. The average Bonchev–Trinajstić information content (AvgIpc) is 3.11. The lowest BCUT2D eigenvalue weighted by molar-refractivity contribution is 0.340. The Bertz CT molecular complexity index is 644. The quantitative estimate of drug-likeness (QED) is 0.776. The number of H-pyrrole nitrogens is 1. The van der Waals surface area contributed by atoms with Gasteiger partial charge in [0.1, 0.15) is 11.4 Å². The maximum Gasteiger partial charge on any atom is 0.276 e. The molecule has 0 radical (unpaired) electrons. The lowest BCUT2D eigenvalue weighted by atomic mass is 10.2. The van der Waals surface area contributed by atoms with Gasteiger partial charge in [-0.15, -0.1) is 0 Å². The van der Waals surface area contributed by atoms with Gasteiger partial charge >= 0.3 is 0 Å². The zero-order chi connectivity index (χ0) is 13.1. The van der Waals surface area contributed by atoms with E-state index in [9.17, 15) is 0 Å². The summed E-state index contributed by atoms with van der Waals surface area (Å²) in [7, 11) is 0. The molecule has 2 aromatic heterocycles. The molecule has 6 heteroatoms. The maximum absolute atomic E-state index is 5.38. The van der Waals surface area contributed by atoms with Gasteiger partial charge in [-0.1, -0.05) is 5.16 Å². The second-order valence-corrected chi connectivity index (χ2v) is 3.85. The monoisotopic (exact) mass is 256 g/mol. The first-order valence-corrected chi connectivity index (χ1v) is 5.93. The standard InChI is InChI=1S/C13H12N4O2/c1-2-18-10-5-3-9(4-6-10)12-15-13(19-17-12)11-7-8-14-16-11/h3-8H,2H2,1H3,(H,14,16). The number of aromatic nitrogens is 4. The number of nitrogens with zero attached hydrogens (tertiary/aromatic N) is 3. The van der Waals surface area contributed by atoms with Crippen LogP contribution in [0.25, 0.3) is 23.0 Å². The third-order valence-corrected chi connectivity index (χ3v) is 2.58. The van der Waals surface area contributed by atoms with Gasteiger partial charge in [0.05, 0.1) is 6.61 Å². The van der Waals surface area contributed by atoms with Crippen molar-refractivity contribution >= 4 is 0 Å². The van der Waals surface area contributed by atoms with E-state index in [1.54, 1.807) is 12.3 Å². The minimum absolute atomic E-state index is 0.418. The fourth-order valence-electron chi connectivity index (χ4n) is 1.69. The van der Waals surface area contributed by atoms with Crippen LogP contribution in [-0.2, 0) is 0 Å². The van der Waals surface area contributed by atoms with Crippen LogP contribution in [0.4, 0.5) is 0 Å². The minimum Gasteiger partial charge on any atom is -0.494 e. The van der Waals surface area contributed by atoms with Crippen molar-refractivity contribution < 1.29 is 9.26 Å². The summed E-state index contributed by atoms with van der Waals surface area (Å²) in [5.74, 6) is 1.78. The Balaban J connectivity index is 1.86. The molecule has 96 valence electrons. The van der Waals surface area contributed by atoms with Crippen LogP contribution in [0.15, 0.2) is 41.1 Å². The van der Waals surface area contributed by atoms with E-state index in [1.807, 2.05) is 31.2 Å². The first kappa shape index (κ1) is 11.5. The topological polar surface area (TPSA) is 76.8 Å². The van der Waals surface area contributed by atoms with E-state index in [-0.39, 0.29) is 0 Å². The van der Waals surface area contributed by atoms with Gasteiger partial charge in [-0.05, 0) is 37.3 Å². The number of benzene rings is 1. The Hall–Kier alpha value is -2.63. The van der Waals surface area contributed by atoms with E-state index in [1.165, 1.54) is 0 Å². The molecule has 1 aromatic carbocycles. The predicted octanol–water partition coefficient (Wildman–Crippen LogP) is 2.53. The number of ether oxygens (including phenoxy) is 1. The van der Waals surface area contributed by atoms with Crippen LogP contribution in [0.2, 0.25) is 0 Å². The van der Waals surface area contributed by atoms with Crippen molar-refractivity contribution in [3.05, 3.63) is 36.5 Å². The molecule has 1 N–H and O–H groups in total. The Kier molecular flexibility index (Phi) is 2.97. The zero-order valence-corrected chi connectivity index (χ0v) is 10.3. The fourth-order valence-corrected chi connectivity index (χ4v) is 1.69. The molecule has 3 rings (SSSR count). The average molecular weight is 256 g/mol. The third-order valence-electron chi connectivity index (χ3n) is 2.58. The zero-order valence-electron chi connectivity index (χ0n) is 10.3. The van der Waals surface area contributed by atoms with Crippen LogP contribution >= 0.6 is 0 Å². The fraction of sp³-hybridized carbons (Fsp3) is 0.154. The van der Waals surface area contributed by atoms with E-state index in [0.717, 1.165) is 11.3 Å². The van der Waals surface area contributed by atoms with Crippen molar-refractivity contribution in [3.63, 3.8) is 0 Å². The normalized spacial score (nSPS) is 10.6. The molecule has 0 saturated heterocycles. The Morgan fingerprint density at radius 1 is 1.21 bits per heavy atom. The van der Waals surface area contributed by atoms with Gasteiger partial charge in [-0.25, -0.2) is 0 Å². The van der Waals surface area contributed by atoms with E-state index >= 15 is 0 Å². The van der Waals surface area contributed by atoms with E-state index in [4.69, 9.17) is 9.26 Å². The highest BCUT2D eigenvalue weighted by atomic mass is 16.5. The summed E-state index contributed by atoms with van der Waals surface area (Å²) in [6.45, 7) is 2.59. The van der Waals surface area contributed by atoms with Gasteiger partial charge in [0.2, 0.25) is 5.82 Å². The number of hydrogen-bond donors (Lipinski definition) is 1. The molecule has 0 bridgehead atoms. The Morgan fingerprint density at radius 3 is 2.74 bits per heavy atom. The van der Waals surface area contributed by atoms with Crippen molar-refractivity contribution in [2.45, 2.75) is 6.92 Å². The molecular formula is C13H12N4O2. The Labute approximate surface area is 109 Å². The SMILES string of the molecule is CCOc1ccc(-c2noc(-c3ccn[nH]3)n2)cc1. The summed E-state index contributed by atoms with van der Waals surface area (Å²) < 4.78 is 10.6. The highest BCUT2D eigenvalue weighted by Crippen LogP contribution is 2.22. The van der Waals surface area contributed by atoms with Gasteiger partial charge in [-0.3, -0.25) is 5.10 Å². The van der Waals surface area contributed by atoms with Gasteiger partial charge < -0.3 is 9.26 Å². The summed E-state index contributed by atoms with van der Waals surface area (Å²) in [4.78, 5) is 4.31. The van der Waals surface area contributed by atoms with Gasteiger partial charge in [-0.2, -0.15) is 10.1 Å². The van der Waals surface area contributed by atoms with Crippen LogP contribution in [-0.4, -0.2) is 26.9 Å². The second-order valence-electron chi connectivity index (χ2n) is 3.85. The van der Waals surface area contributed by atoms with Crippen LogP contribution in [0.3, 0.4) is 0 Å². The second kappa shape index (κ2) is 4.93. The highest BCUT2D eigenvalue weighted by molar-refractivity contribution is 5.58. The molecule has 0 spiro atoms. The summed E-state index contributed by atoms with van der Waals surface area (Å²) in [5.41, 5.74) is 1.57. The smallest absolute Gasteiger partial charge is 0.276 e. The lowest BCUT2D eigenvalue weighted by Crippen LogP contribution is -1.90. The van der Waals surface area contributed by atoms with Crippen LogP contribution in [0.1, 0.15) is 6.92 Å². The predicted molar refractivity (Wildman–Crippen MR) is 68.5 cm³/mol. The summed E-state index contributed by atoms with van der Waals surface area (Å²) in [6, 6.07) is 9.32. The van der Waals surface area contributed by atoms with Gasteiger partial charge in [0.15, 0.2) is 0 Å². The first-order valence-electron chi connectivity index (χ1n) is 5.93. The van der Waals surface area contributed by atoms with Crippen molar-refractivity contribution in [1.29, 1.82) is 0 Å². The van der Waals surface area contributed by atoms with Crippen molar-refractivity contribution in [3.8, 4) is 28.7 Å². The molecule has 3 aromatic rings. The highest BCUT2D eigenvalue weighted by Gasteiger charge is 2.11. The molecule has 6 nitrogen and oxygen atoms in total. The van der Waals surface area contributed by atoms with Gasteiger partial charge in [0, 0.05) is 11.8 Å². The molecule has 2 heterocycles. The minimum atomic E-state index is 0.418. The molecule has 0 aliphatic heterocycles. The summed E-state index contributed by atoms with van der Waals surface area (Å²) in [6.07, 6.45) is 1.64. The van der Waals surface area contributed by atoms with Gasteiger partial charge in [0.25, 0.3) is 5.89 Å². The molecule has 0 aliphatic carbocycles. The van der Waals surface area contributed by atoms with Crippen LogP contribution < -0.4 is 4.74 Å². The number of rotatable bonds is 4. The number of hydrogen-bond acceptors (Lipinski definition) is 5. The van der Waals surface area contributed by atoms with Crippen molar-refractivity contribution in [2.75, 3.05) is 6.61 Å². The third kappa shape index (κ3) is 2.33. The van der Waals surface area contributed by atoms with Crippen molar-refractivity contribution in [2.24, 2.45) is 0 Å². The van der Waals surface area contributed by atoms with E-state index in [0.29, 0.717) is 24.0 Å². The van der Waals surface area contributed by atoms with E-state index < -0.39 is 0 Å². The first-order chi connectivity index (χ1) is 9.36.